The van der Waals surface area contributed by atoms with Crippen LogP contribution in [-0.2, 0) is 0 Å². The van der Waals surface area contributed by atoms with Gasteiger partial charge in [-0.15, -0.1) is 12.4 Å². The van der Waals surface area contributed by atoms with Crippen molar-refractivity contribution in [2.75, 3.05) is 37.6 Å². The van der Waals surface area contributed by atoms with Gasteiger partial charge < -0.3 is 4.90 Å². The van der Waals surface area contributed by atoms with Gasteiger partial charge in [0.25, 0.3) is 0 Å². The van der Waals surface area contributed by atoms with Crippen molar-refractivity contribution in [2.24, 2.45) is 0 Å². The molecule has 1 aromatic carbocycles. The van der Waals surface area contributed by atoms with Gasteiger partial charge in [-0.05, 0) is 25.1 Å². The van der Waals surface area contributed by atoms with Crippen molar-refractivity contribution < 1.29 is 0 Å². The number of nitrogens with zero attached hydrogens (tertiary/aromatic N) is 3. The highest BCUT2D eigenvalue weighted by molar-refractivity contribution is 5.85. The number of benzene rings is 1. The number of anilines is 1. The fraction of sp³-hybridized carbons (Fsp3) is 0.500. The van der Waals surface area contributed by atoms with E-state index in [1.807, 2.05) is 24.3 Å². The Morgan fingerprint density at radius 2 is 1.83 bits per heavy atom. The summed E-state index contributed by atoms with van der Waals surface area (Å²) in [4.78, 5) is 4.82. The zero-order valence-electron chi connectivity index (χ0n) is 10.8. The van der Waals surface area contributed by atoms with Crippen LogP contribution in [0.3, 0.4) is 0 Å². The summed E-state index contributed by atoms with van der Waals surface area (Å²) in [5.74, 6) is 0. The van der Waals surface area contributed by atoms with Crippen molar-refractivity contribution >= 4 is 18.1 Å². The van der Waals surface area contributed by atoms with Crippen LogP contribution in [0.15, 0.2) is 24.3 Å². The molecule has 0 aromatic heterocycles. The predicted molar refractivity (Wildman–Crippen MR) is 77.3 cm³/mol. The third-order valence-corrected chi connectivity index (χ3v) is 3.28. The van der Waals surface area contributed by atoms with Gasteiger partial charge in [-0.1, -0.05) is 19.1 Å². The van der Waals surface area contributed by atoms with Gasteiger partial charge in [-0.25, -0.2) is 0 Å². The average molecular weight is 266 g/mol. The molecular weight excluding hydrogens is 246 g/mol. The van der Waals surface area contributed by atoms with E-state index in [0.717, 1.165) is 37.4 Å². The molecule has 1 aliphatic heterocycles. The molecule has 0 amide bonds. The Labute approximate surface area is 115 Å². The van der Waals surface area contributed by atoms with Gasteiger partial charge in [-0.2, -0.15) is 5.26 Å². The largest absolute Gasteiger partial charge is 0.368 e. The average Bonchev–Trinajstić information content (AvgIpc) is 2.40. The Morgan fingerprint density at radius 3 is 2.44 bits per heavy atom. The Hall–Kier alpha value is -1.24. The van der Waals surface area contributed by atoms with Crippen LogP contribution >= 0.6 is 12.4 Å². The molecule has 98 valence electrons. The lowest BCUT2D eigenvalue weighted by Crippen LogP contribution is -2.46. The third-order valence-electron chi connectivity index (χ3n) is 3.28. The lowest BCUT2D eigenvalue weighted by atomic mass is 10.1. The molecule has 3 nitrogen and oxygen atoms in total. The van der Waals surface area contributed by atoms with Gasteiger partial charge in [0.2, 0.25) is 0 Å². The molecule has 0 N–H and O–H groups in total. The quantitative estimate of drug-likeness (QED) is 0.841. The number of hydrogen-bond donors (Lipinski definition) is 0. The minimum Gasteiger partial charge on any atom is -0.368 e. The van der Waals surface area contributed by atoms with Crippen molar-refractivity contribution in [2.45, 2.75) is 13.3 Å². The molecule has 0 aliphatic carbocycles. The van der Waals surface area contributed by atoms with E-state index in [-0.39, 0.29) is 12.4 Å². The fourth-order valence-corrected chi connectivity index (χ4v) is 2.37. The second-order valence-corrected chi connectivity index (χ2v) is 4.46. The van der Waals surface area contributed by atoms with Gasteiger partial charge in [0.1, 0.15) is 6.07 Å². The van der Waals surface area contributed by atoms with Crippen LogP contribution in [0.5, 0.6) is 0 Å². The minimum atomic E-state index is 0. The molecule has 0 radical (unpaired) electrons. The Bertz CT molecular complexity index is 406. The van der Waals surface area contributed by atoms with Crippen LogP contribution in [0, 0.1) is 11.3 Å². The zero-order valence-corrected chi connectivity index (χ0v) is 11.6. The molecule has 1 heterocycles. The fourth-order valence-electron chi connectivity index (χ4n) is 2.37. The molecule has 0 atom stereocenters. The predicted octanol–water partition coefficient (Wildman–Crippen LogP) is 2.51. The first-order valence-corrected chi connectivity index (χ1v) is 6.31. The maximum Gasteiger partial charge on any atom is 0.101 e. The van der Waals surface area contributed by atoms with E-state index < -0.39 is 0 Å². The molecule has 0 spiro atoms. The number of para-hydroxylation sites is 1. The molecule has 0 bridgehead atoms. The molecule has 0 unspecified atom stereocenters. The van der Waals surface area contributed by atoms with Crippen molar-refractivity contribution in [3.05, 3.63) is 29.8 Å². The summed E-state index contributed by atoms with van der Waals surface area (Å²) in [5.41, 5.74) is 1.88. The molecule has 1 aliphatic rings. The SMILES string of the molecule is CCCN1CCN(c2ccccc2C#N)CC1.Cl. The molecule has 1 saturated heterocycles. The van der Waals surface area contributed by atoms with E-state index in [1.165, 1.54) is 13.0 Å². The number of hydrogen-bond acceptors (Lipinski definition) is 3. The third kappa shape index (κ3) is 3.38. The smallest absolute Gasteiger partial charge is 0.101 e. The van der Waals surface area contributed by atoms with E-state index in [0.29, 0.717) is 0 Å². The topological polar surface area (TPSA) is 30.3 Å². The van der Waals surface area contributed by atoms with E-state index in [4.69, 9.17) is 5.26 Å². The maximum atomic E-state index is 9.10. The highest BCUT2D eigenvalue weighted by Crippen LogP contribution is 2.20. The van der Waals surface area contributed by atoms with Crippen LogP contribution in [0.25, 0.3) is 0 Å². The van der Waals surface area contributed by atoms with Crippen molar-refractivity contribution in [1.29, 1.82) is 5.26 Å². The zero-order chi connectivity index (χ0) is 12.1. The van der Waals surface area contributed by atoms with Gasteiger partial charge in [0, 0.05) is 26.2 Å². The van der Waals surface area contributed by atoms with E-state index in [2.05, 4.69) is 22.8 Å². The molecule has 0 saturated carbocycles. The molecule has 18 heavy (non-hydrogen) atoms. The summed E-state index contributed by atoms with van der Waals surface area (Å²) in [6.45, 7) is 7.67. The van der Waals surface area contributed by atoms with Gasteiger partial charge in [0.05, 0.1) is 11.3 Å². The molecule has 1 aromatic rings. The van der Waals surface area contributed by atoms with E-state index >= 15 is 0 Å². The second-order valence-electron chi connectivity index (χ2n) is 4.46. The lowest BCUT2D eigenvalue weighted by molar-refractivity contribution is 0.258. The summed E-state index contributed by atoms with van der Waals surface area (Å²) >= 11 is 0. The van der Waals surface area contributed by atoms with Crippen LogP contribution in [0.2, 0.25) is 0 Å². The van der Waals surface area contributed by atoms with Crippen molar-refractivity contribution in [3.63, 3.8) is 0 Å². The number of nitriles is 1. The summed E-state index contributed by atoms with van der Waals surface area (Å²) in [6.07, 6.45) is 1.22. The summed E-state index contributed by atoms with van der Waals surface area (Å²) < 4.78 is 0. The molecule has 4 heteroatoms. The summed E-state index contributed by atoms with van der Waals surface area (Å²) in [5, 5.41) is 9.10. The lowest BCUT2D eigenvalue weighted by Gasteiger charge is -2.36. The summed E-state index contributed by atoms with van der Waals surface area (Å²) in [6, 6.07) is 10.2. The number of rotatable bonds is 3. The highest BCUT2D eigenvalue weighted by Gasteiger charge is 2.18. The normalized spacial score (nSPS) is 15.9. The Kier molecular flexibility index (Phi) is 5.97. The Balaban J connectivity index is 0.00000162. The molecule has 2 rings (SSSR count). The molecule has 1 fully saturated rings. The van der Waals surface area contributed by atoms with E-state index in [9.17, 15) is 0 Å². The first-order valence-electron chi connectivity index (χ1n) is 6.31. The Morgan fingerprint density at radius 1 is 1.17 bits per heavy atom. The first kappa shape index (κ1) is 14.8. The highest BCUT2D eigenvalue weighted by atomic mass is 35.5. The van der Waals surface area contributed by atoms with Crippen LogP contribution in [0.1, 0.15) is 18.9 Å². The van der Waals surface area contributed by atoms with E-state index in [1.54, 1.807) is 0 Å². The number of halogens is 1. The molecular formula is C14H20ClN3. The van der Waals surface area contributed by atoms with Crippen molar-refractivity contribution in [1.82, 2.24) is 4.90 Å². The van der Waals surface area contributed by atoms with Gasteiger partial charge >= 0.3 is 0 Å². The van der Waals surface area contributed by atoms with Crippen LogP contribution in [0.4, 0.5) is 5.69 Å². The van der Waals surface area contributed by atoms with Gasteiger partial charge in [0.15, 0.2) is 0 Å². The minimum absolute atomic E-state index is 0. The monoisotopic (exact) mass is 265 g/mol. The standard InChI is InChI=1S/C14H19N3.ClH/c1-2-7-16-8-10-17(11-9-16)14-6-4-3-5-13(14)12-15;/h3-6H,2,7-11H2,1H3;1H. The first-order chi connectivity index (χ1) is 8.35. The van der Waals surface area contributed by atoms with Crippen LogP contribution in [-0.4, -0.2) is 37.6 Å². The van der Waals surface area contributed by atoms with Crippen LogP contribution < -0.4 is 4.90 Å². The summed E-state index contributed by atoms with van der Waals surface area (Å²) in [7, 11) is 0. The van der Waals surface area contributed by atoms with Crippen molar-refractivity contribution in [3.8, 4) is 6.07 Å². The maximum absolute atomic E-state index is 9.10. The van der Waals surface area contributed by atoms with Gasteiger partial charge in [-0.3, -0.25) is 4.90 Å². The second kappa shape index (κ2) is 7.25. The number of piperazine rings is 1.